The molecule has 2 saturated heterocycles. The maximum atomic E-state index is 12.8. The van der Waals surface area contributed by atoms with Crippen molar-refractivity contribution in [2.45, 2.75) is 36.7 Å². The van der Waals surface area contributed by atoms with Crippen molar-refractivity contribution in [2.75, 3.05) is 33.3 Å². The van der Waals surface area contributed by atoms with Crippen LogP contribution in [0, 0.1) is 0 Å². The molecule has 23 heavy (non-hydrogen) atoms. The van der Waals surface area contributed by atoms with Crippen molar-refractivity contribution in [1.29, 1.82) is 0 Å². The Hall–Kier alpha value is -0.960. The van der Waals surface area contributed by atoms with Gasteiger partial charge in [0.25, 0.3) is 5.91 Å². The van der Waals surface area contributed by atoms with Crippen LogP contribution in [0.3, 0.4) is 0 Å². The minimum absolute atomic E-state index is 0.170. The van der Waals surface area contributed by atoms with Crippen LogP contribution in [0.15, 0.2) is 16.3 Å². The van der Waals surface area contributed by atoms with Gasteiger partial charge >= 0.3 is 0 Å². The molecule has 3 heterocycles. The summed E-state index contributed by atoms with van der Waals surface area (Å²) in [5.74, 6) is -0.174. The molecule has 0 saturated carbocycles. The molecule has 2 aliphatic heterocycles. The summed E-state index contributed by atoms with van der Waals surface area (Å²) < 4.78 is 32.3. The number of amides is 1. The van der Waals surface area contributed by atoms with Crippen LogP contribution >= 0.6 is 11.3 Å². The lowest BCUT2D eigenvalue weighted by Gasteiger charge is -2.31. The zero-order chi connectivity index (χ0) is 16.4. The topological polar surface area (TPSA) is 66.9 Å². The van der Waals surface area contributed by atoms with Crippen LogP contribution in [0.2, 0.25) is 0 Å². The molecule has 0 unspecified atom stereocenters. The lowest BCUT2D eigenvalue weighted by atomic mass is 10.1. The number of sulfonamides is 1. The Bertz CT molecular complexity index is 657. The third-order valence-electron chi connectivity index (χ3n) is 4.57. The third kappa shape index (κ3) is 3.31. The second-order valence-corrected chi connectivity index (χ2v) is 8.77. The van der Waals surface area contributed by atoms with Crippen molar-refractivity contribution < 1.29 is 17.9 Å². The first kappa shape index (κ1) is 16.9. The first-order valence-corrected chi connectivity index (χ1v) is 10.3. The highest BCUT2D eigenvalue weighted by Crippen LogP contribution is 2.29. The Morgan fingerprint density at radius 1 is 1.22 bits per heavy atom. The average Bonchev–Trinajstić information content (AvgIpc) is 3.25. The van der Waals surface area contributed by atoms with Crippen LogP contribution in [0.25, 0.3) is 0 Å². The molecule has 8 heteroatoms. The number of methoxy groups -OCH3 is 1. The van der Waals surface area contributed by atoms with E-state index < -0.39 is 10.0 Å². The number of rotatable bonds is 4. The number of thiophene rings is 1. The van der Waals surface area contributed by atoms with Gasteiger partial charge in [0.2, 0.25) is 10.0 Å². The molecule has 0 spiro atoms. The van der Waals surface area contributed by atoms with Crippen molar-refractivity contribution in [2.24, 2.45) is 0 Å². The highest BCUT2D eigenvalue weighted by atomic mass is 32.2. The molecular weight excluding hydrogens is 336 g/mol. The van der Waals surface area contributed by atoms with Crippen LogP contribution in [0.5, 0.6) is 0 Å². The molecule has 1 aromatic heterocycles. The summed E-state index contributed by atoms with van der Waals surface area (Å²) in [6, 6.07) is 1.56. The van der Waals surface area contributed by atoms with Crippen molar-refractivity contribution in [3.8, 4) is 0 Å². The normalized spacial score (nSPS) is 21.0. The highest BCUT2D eigenvalue weighted by molar-refractivity contribution is 7.89. The van der Waals surface area contributed by atoms with Crippen LogP contribution in [0.4, 0.5) is 0 Å². The van der Waals surface area contributed by atoms with Gasteiger partial charge in [-0.2, -0.15) is 4.31 Å². The van der Waals surface area contributed by atoms with Crippen LogP contribution in [-0.4, -0.2) is 62.9 Å². The van der Waals surface area contributed by atoms with Gasteiger partial charge in [0.05, 0.1) is 6.10 Å². The fourth-order valence-electron chi connectivity index (χ4n) is 3.16. The van der Waals surface area contributed by atoms with Gasteiger partial charge < -0.3 is 9.64 Å². The molecule has 0 aromatic carbocycles. The highest BCUT2D eigenvalue weighted by Gasteiger charge is 2.34. The third-order valence-corrected chi connectivity index (χ3v) is 7.54. The predicted molar refractivity (Wildman–Crippen MR) is 88.2 cm³/mol. The van der Waals surface area contributed by atoms with E-state index in [0.29, 0.717) is 31.1 Å². The van der Waals surface area contributed by atoms with E-state index in [1.54, 1.807) is 23.5 Å². The summed E-state index contributed by atoms with van der Waals surface area (Å²) in [6.45, 7) is 2.31. The van der Waals surface area contributed by atoms with Crippen LogP contribution in [-0.2, 0) is 14.8 Å². The molecule has 1 amide bonds. The van der Waals surface area contributed by atoms with E-state index in [-0.39, 0.29) is 16.9 Å². The number of piperidine rings is 1. The van der Waals surface area contributed by atoms with Gasteiger partial charge in [-0.3, -0.25) is 4.79 Å². The average molecular weight is 358 g/mol. The van der Waals surface area contributed by atoms with Gasteiger partial charge in [-0.25, -0.2) is 8.42 Å². The molecular formula is C15H22N2O4S2. The molecule has 0 aliphatic carbocycles. The molecule has 1 aromatic rings. The molecule has 0 atom stereocenters. The standard InChI is InChI=1S/C15H22N2O4S2/c1-21-12-4-9-16(10-5-12)15(18)14-13(6-11-22-14)23(19,20)17-7-2-3-8-17/h6,11-12H,2-5,7-10H2,1H3. The molecule has 0 N–H and O–H groups in total. The number of hydrogen-bond acceptors (Lipinski definition) is 5. The summed E-state index contributed by atoms with van der Waals surface area (Å²) in [5.41, 5.74) is 0. The fraction of sp³-hybridized carbons (Fsp3) is 0.667. The van der Waals surface area contributed by atoms with Crippen molar-refractivity contribution in [1.82, 2.24) is 9.21 Å². The largest absolute Gasteiger partial charge is 0.381 e. The number of carbonyl (C=O) groups is 1. The van der Waals surface area contributed by atoms with Gasteiger partial charge in [0.15, 0.2) is 0 Å². The van der Waals surface area contributed by atoms with E-state index in [0.717, 1.165) is 25.7 Å². The van der Waals surface area contributed by atoms with Gasteiger partial charge in [-0.1, -0.05) is 0 Å². The molecule has 2 fully saturated rings. The van der Waals surface area contributed by atoms with Gasteiger partial charge in [-0.15, -0.1) is 11.3 Å². The maximum absolute atomic E-state index is 12.8. The summed E-state index contributed by atoms with van der Waals surface area (Å²) in [4.78, 5) is 15.0. The van der Waals surface area contributed by atoms with Gasteiger partial charge in [0.1, 0.15) is 9.77 Å². The van der Waals surface area contributed by atoms with Gasteiger partial charge in [0, 0.05) is 33.3 Å². The number of nitrogens with zero attached hydrogens (tertiary/aromatic N) is 2. The lowest BCUT2D eigenvalue weighted by Crippen LogP contribution is -2.41. The predicted octanol–water partition coefficient (Wildman–Crippen LogP) is 1.78. The van der Waals surface area contributed by atoms with E-state index in [1.165, 1.54) is 15.6 Å². The van der Waals surface area contributed by atoms with E-state index in [2.05, 4.69) is 0 Å². The Morgan fingerprint density at radius 3 is 2.48 bits per heavy atom. The van der Waals surface area contributed by atoms with Crippen molar-refractivity contribution in [3.05, 3.63) is 16.3 Å². The Kier molecular flexibility index (Phi) is 5.05. The molecule has 3 rings (SSSR count). The van der Waals surface area contributed by atoms with Crippen molar-refractivity contribution in [3.63, 3.8) is 0 Å². The van der Waals surface area contributed by atoms with E-state index in [1.807, 2.05) is 0 Å². The minimum Gasteiger partial charge on any atom is -0.381 e. The molecule has 6 nitrogen and oxygen atoms in total. The summed E-state index contributed by atoms with van der Waals surface area (Å²) in [7, 11) is -1.87. The van der Waals surface area contributed by atoms with E-state index in [4.69, 9.17) is 4.74 Å². The van der Waals surface area contributed by atoms with E-state index in [9.17, 15) is 13.2 Å². The smallest absolute Gasteiger partial charge is 0.265 e. The van der Waals surface area contributed by atoms with Gasteiger partial charge in [-0.05, 0) is 37.1 Å². The molecule has 2 aliphatic rings. The monoisotopic (exact) mass is 358 g/mol. The maximum Gasteiger partial charge on any atom is 0.265 e. The number of likely N-dealkylation sites (tertiary alicyclic amines) is 1. The minimum atomic E-state index is -3.55. The number of hydrogen-bond donors (Lipinski definition) is 0. The second kappa shape index (κ2) is 6.88. The Balaban J connectivity index is 1.79. The SMILES string of the molecule is COC1CCN(C(=O)c2sccc2S(=O)(=O)N2CCCC2)CC1. The Morgan fingerprint density at radius 2 is 1.87 bits per heavy atom. The van der Waals surface area contributed by atoms with Crippen LogP contribution < -0.4 is 0 Å². The zero-order valence-corrected chi connectivity index (χ0v) is 14.9. The molecule has 128 valence electrons. The zero-order valence-electron chi connectivity index (χ0n) is 13.2. The molecule has 0 bridgehead atoms. The summed E-state index contributed by atoms with van der Waals surface area (Å²) >= 11 is 1.22. The number of carbonyl (C=O) groups excluding carboxylic acids is 1. The summed E-state index contributed by atoms with van der Waals surface area (Å²) in [5, 5.41) is 1.69. The first-order valence-electron chi connectivity index (χ1n) is 7.93. The fourth-order valence-corrected chi connectivity index (χ4v) is 6.04. The lowest BCUT2D eigenvalue weighted by molar-refractivity contribution is 0.0351. The summed E-state index contributed by atoms with van der Waals surface area (Å²) in [6.07, 6.45) is 3.55. The Labute approximate surface area is 141 Å². The second-order valence-electron chi connectivity index (χ2n) is 5.95. The number of ether oxygens (including phenoxy) is 1. The molecule has 0 radical (unpaired) electrons. The van der Waals surface area contributed by atoms with Crippen LogP contribution in [0.1, 0.15) is 35.4 Å². The van der Waals surface area contributed by atoms with Crippen molar-refractivity contribution >= 4 is 27.3 Å². The first-order chi connectivity index (χ1) is 11.0. The quantitative estimate of drug-likeness (QED) is 0.823. The van der Waals surface area contributed by atoms with E-state index >= 15 is 0 Å².